The molecule has 1 N–H and O–H groups in total. The van der Waals surface area contributed by atoms with Gasteiger partial charge in [0, 0.05) is 10.9 Å². The van der Waals surface area contributed by atoms with Crippen LogP contribution >= 0.6 is 11.8 Å². The molecule has 0 unspecified atom stereocenters. The van der Waals surface area contributed by atoms with Gasteiger partial charge >= 0.3 is 6.36 Å². The number of para-hydroxylation sites is 1. The van der Waals surface area contributed by atoms with Gasteiger partial charge in [0.25, 0.3) is 5.56 Å². The van der Waals surface area contributed by atoms with E-state index in [1.54, 1.807) is 0 Å². The van der Waals surface area contributed by atoms with Crippen LogP contribution in [0.3, 0.4) is 0 Å². The highest BCUT2D eigenvalue weighted by Crippen LogP contribution is 2.41. The highest BCUT2D eigenvalue weighted by atomic mass is 32.2. The molecule has 39 heavy (non-hydrogen) atoms. The molecule has 6 rings (SSSR count). The highest BCUT2D eigenvalue weighted by Gasteiger charge is 2.31. The molecule has 2 aromatic heterocycles. The van der Waals surface area contributed by atoms with Crippen molar-refractivity contribution in [1.82, 2.24) is 14.5 Å². The molecule has 194 valence electrons. The summed E-state index contributed by atoms with van der Waals surface area (Å²) in [6.07, 6.45) is -4.82. The summed E-state index contributed by atoms with van der Waals surface area (Å²) in [4.78, 5) is 22.1. The maximum atomic E-state index is 14.0. The highest BCUT2D eigenvalue weighted by molar-refractivity contribution is 7.99. The minimum atomic E-state index is -4.82. The fraction of sp³-hybridized carbons (Fsp3) is 0.0667. The van der Waals surface area contributed by atoms with E-state index in [4.69, 9.17) is 4.98 Å². The summed E-state index contributed by atoms with van der Waals surface area (Å²) in [5, 5.41) is 1.00. The third-order valence-electron chi connectivity index (χ3n) is 6.25. The molecular formula is C30H20F3N3O2S. The summed E-state index contributed by atoms with van der Waals surface area (Å²) in [6.45, 7) is 0. The van der Waals surface area contributed by atoms with Gasteiger partial charge in [-0.1, -0.05) is 90.6 Å². The molecule has 5 nitrogen and oxygen atoms in total. The molecule has 0 aliphatic rings. The molecule has 0 aliphatic heterocycles. The van der Waals surface area contributed by atoms with E-state index < -0.39 is 6.36 Å². The van der Waals surface area contributed by atoms with E-state index in [1.807, 2.05) is 84.9 Å². The van der Waals surface area contributed by atoms with Gasteiger partial charge < -0.3 is 9.72 Å². The second-order valence-corrected chi connectivity index (χ2v) is 9.86. The van der Waals surface area contributed by atoms with Gasteiger partial charge in [-0.15, -0.1) is 13.2 Å². The number of fused-ring (bicyclic) bond motifs is 3. The van der Waals surface area contributed by atoms with Gasteiger partial charge in [0.05, 0.1) is 10.9 Å². The molecule has 2 heterocycles. The van der Waals surface area contributed by atoms with Crippen molar-refractivity contribution in [2.45, 2.75) is 16.8 Å². The molecule has 0 bridgehead atoms. The Hall–Kier alpha value is -4.50. The topological polar surface area (TPSA) is 59.9 Å². The Balaban J connectivity index is 1.55. The van der Waals surface area contributed by atoms with E-state index in [1.165, 1.54) is 40.6 Å². The molecular weight excluding hydrogens is 523 g/mol. The van der Waals surface area contributed by atoms with E-state index in [-0.39, 0.29) is 16.6 Å². The normalized spacial score (nSPS) is 11.9. The number of ether oxygens (including phenoxy) is 1. The first kappa shape index (κ1) is 24.8. The van der Waals surface area contributed by atoms with Crippen LogP contribution in [0, 0.1) is 0 Å². The summed E-state index contributed by atoms with van der Waals surface area (Å²) in [6, 6.07) is 32.5. The SMILES string of the molecule is O=c1c2[nH]c3ccccc3c2nc(SC(c2ccccc2)c2ccccc2)n1-c1ccc(OC(F)(F)F)cc1. The van der Waals surface area contributed by atoms with Crippen molar-refractivity contribution in [3.63, 3.8) is 0 Å². The zero-order chi connectivity index (χ0) is 27.0. The monoisotopic (exact) mass is 543 g/mol. The Kier molecular flexibility index (Phi) is 6.36. The molecule has 0 saturated carbocycles. The number of H-pyrrole nitrogens is 1. The molecule has 4 aromatic carbocycles. The van der Waals surface area contributed by atoms with Gasteiger partial charge in [-0.3, -0.25) is 9.36 Å². The predicted octanol–water partition coefficient (Wildman–Crippen LogP) is 7.65. The number of alkyl halides is 3. The average molecular weight is 544 g/mol. The first-order valence-corrected chi connectivity index (χ1v) is 12.9. The number of thioether (sulfide) groups is 1. The Morgan fingerprint density at radius 2 is 1.38 bits per heavy atom. The van der Waals surface area contributed by atoms with Crippen molar-refractivity contribution in [2.75, 3.05) is 0 Å². The molecule has 9 heteroatoms. The lowest BCUT2D eigenvalue weighted by Gasteiger charge is -2.20. The number of rotatable bonds is 6. The predicted molar refractivity (Wildman–Crippen MR) is 146 cm³/mol. The van der Waals surface area contributed by atoms with Crippen molar-refractivity contribution in [2.24, 2.45) is 0 Å². The van der Waals surface area contributed by atoms with Gasteiger partial charge in [-0.25, -0.2) is 4.98 Å². The van der Waals surface area contributed by atoms with Crippen LogP contribution in [0.25, 0.3) is 27.6 Å². The summed E-state index contributed by atoms with van der Waals surface area (Å²) in [5.74, 6) is -0.375. The molecule has 0 radical (unpaired) electrons. The number of aromatic nitrogens is 3. The van der Waals surface area contributed by atoms with Crippen LogP contribution in [-0.4, -0.2) is 20.9 Å². The molecule has 0 spiro atoms. The van der Waals surface area contributed by atoms with E-state index in [2.05, 4.69) is 9.72 Å². The van der Waals surface area contributed by atoms with E-state index in [0.29, 0.717) is 21.9 Å². The van der Waals surface area contributed by atoms with Crippen LogP contribution in [-0.2, 0) is 0 Å². The fourth-order valence-corrected chi connectivity index (χ4v) is 5.77. The second kappa shape index (κ2) is 9.99. The Bertz CT molecular complexity index is 1780. The number of nitrogens with zero attached hydrogens (tertiary/aromatic N) is 2. The van der Waals surface area contributed by atoms with Crippen LogP contribution in [0.2, 0.25) is 0 Å². The molecule has 6 aromatic rings. The Labute approximate surface area is 224 Å². The minimum Gasteiger partial charge on any atom is -0.406 e. The fourth-order valence-electron chi connectivity index (χ4n) is 4.54. The Morgan fingerprint density at radius 3 is 2.00 bits per heavy atom. The third kappa shape index (κ3) is 5.00. The molecule has 0 saturated heterocycles. The number of halogens is 3. The zero-order valence-corrected chi connectivity index (χ0v) is 21.0. The first-order chi connectivity index (χ1) is 18.9. The maximum Gasteiger partial charge on any atom is 0.573 e. The smallest absolute Gasteiger partial charge is 0.406 e. The molecule has 0 fully saturated rings. The molecule has 0 atom stereocenters. The lowest BCUT2D eigenvalue weighted by molar-refractivity contribution is -0.274. The van der Waals surface area contributed by atoms with E-state index >= 15 is 0 Å². The van der Waals surface area contributed by atoms with Crippen molar-refractivity contribution in [3.8, 4) is 11.4 Å². The summed E-state index contributed by atoms with van der Waals surface area (Å²) in [7, 11) is 0. The quantitative estimate of drug-likeness (QED) is 0.173. The Morgan fingerprint density at radius 1 is 0.795 bits per heavy atom. The van der Waals surface area contributed by atoms with Crippen LogP contribution in [0.5, 0.6) is 5.75 Å². The number of nitrogens with one attached hydrogen (secondary N) is 1. The number of hydrogen-bond acceptors (Lipinski definition) is 4. The van der Waals surface area contributed by atoms with E-state index in [9.17, 15) is 18.0 Å². The van der Waals surface area contributed by atoms with Gasteiger partial charge in [0.15, 0.2) is 5.16 Å². The summed E-state index contributed by atoms with van der Waals surface area (Å²) >= 11 is 1.40. The average Bonchev–Trinajstić information content (AvgIpc) is 3.32. The summed E-state index contributed by atoms with van der Waals surface area (Å²) in [5.41, 5.74) is 3.65. The molecule has 0 aliphatic carbocycles. The van der Waals surface area contributed by atoms with Gasteiger partial charge in [-0.05, 0) is 41.5 Å². The third-order valence-corrected chi connectivity index (χ3v) is 7.52. The van der Waals surface area contributed by atoms with Crippen molar-refractivity contribution >= 4 is 33.7 Å². The zero-order valence-electron chi connectivity index (χ0n) is 20.2. The lowest BCUT2D eigenvalue weighted by atomic mass is 10.0. The van der Waals surface area contributed by atoms with E-state index in [0.717, 1.165) is 22.0 Å². The standard InChI is InChI=1S/C30H20F3N3O2S/c31-30(32,33)38-22-17-15-21(16-18-22)36-28(37)26-25(23-13-7-8-14-24(23)34-26)35-29(36)39-27(19-9-3-1-4-10-19)20-11-5-2-6-12-20/h1-18,27,34H. The van der Waals surface area contributed by atoms with Crippen molar-refractivity contribution in [1.29, 1.82) is 0 Å². The van der Waals surface area contributed by atoms with Crippen molar-refractivity contribution < 1.29 is 17.9 Å². The minimum absolute atomic E-state index is 0.207. The number of hydrogen-bond donors (Lipinski definition) is 1. The van der Waals surface area contributed by atoms with Crippen LogP contribution < -0.4 is 10.3 Å². The van der Waals surface area contributed by atoms with Crippen LogP contribution in [0.15, 0.2) is 119 Å². The van der Waals surface area contributed by atoms with Gasteiger partial charge in [-0.2, -0.15) is 0 Å². The van der Waals surface area contributed by atoms with Crippen LogP contribution in [0.1, 0.15) is 16.4 Å². The number of aromatic amines is 1. The van der Waals surface area contributed by atoms with Gasteiger partial charge in [0.1, 0.15) is 16.8 Å². The molecule has 0 amide bonds. The largest absolute Gasteiger partial charge is 0.573 e. The first-order valence-electron chi connectivity index (χ1n) is 12.0. The lowest BCUT2D eigenvalue weighted by Crippen LogP contribution is -2.22. The van der Waals surface area contributed by atoms with Crippen LogP contribution in [0.4, 0.5) is 13.2 Å². The number of benzene rings is 4. The summed E-state index contributed by atoms with van der Waals surface area (Å²) < 4.78 is 43.7. The van der Waals surface area contributed by atoms with Gasteiger partial charge in [0.2, 0.25) is 0 Å². The van der Waals surface area contributed by atoms with Crippen molar-refractivity contribution in [3.05, 3.63) is 131 Å². The second-order valence-electron chi connectivity index (χ2n) is 8.79. The maximum absolute atomic E-state index is 14.0.